The fourth-order valence-electron chi connectivity index (χ4n) is 1.17. The van der Waals surface area contributed by atoms with Crippen molar-refractivity contribution in [1.82, 2.24) is 0 Å². The highest BCUT2D eigenvalue weighted by Gasteiger charge is 2.34. The molecule has 0 radical (unpaired) electrons. The summed E-state index contributed by atoms with van der Waals surface area (Å²) in [7, 11) is 0. The summed E-state index contributed by atoms with van der Waals surface area (Å²) in [6, 6.07) is 4.07. The van der Waals surface area contributed by atoms with Gasteiger partial charge >= 0.3 is 6.18 Å². The van der Waals surface area contributed by atoms with Crippen molar-refractivity contribution < 1.29 is 22.8 Å². The maximum Gasteiger partial charge on any atom is 0.417 e. The number of hydrogen-bond donors (Lipinski definition) is 1. The van der Waals surface area contributed by atoms with Crippen LogP contribution >= 0.6 is 0 Å². The summed E-state index contributed by atoms with van der Waals surface area (Å²) < 4.78 is 37.7. The van der Waals surface area contributed by atoms with E-state index >= 15 is 0 Å². The molecule has 4 nitrogen and oxygen atoms in total. The molecule has 1 rings (SSSR count). The van der Waals surface area contributed by atoms with Crippen LogP contribution in [0.2, 0.25) is 0 Å². The van der Waals surface area contributed by atoms with E-state index in [-0.39, 0.29) is 5.69 Å². The molecule has 0 fully saturated rings. The minimum absolute atomic E-state index is 0.193. The third-order valence-electron chi connectivity index (χ3n) is 2.02. The molecular weight excluding hydrogens is 249 g/mol. The first kappa shape index (κ1) is 13.7. The smallest absolute Gasteiger partial charge is 0.319 e. The van der Waals surface area contributed by atoms with E-state index in [1.165, 1.54) is 6.07 Å². The number of amides is 1. The van der Waals surface area contributed by atoms with E-state index in [1.807, 2.05) is 5.32 Å². The van der Waals surface area contributed by atoms with E-state index < -0.39 is 29.0 Å². The molecule has 0 spiro atoms. The van der Waals surface area contributed by atoms with Gasteiger partial charge in [-0.1, -0.05) is 0 Å². The fourth-order valence-corrected chi connectivity index (χ4v) is 1.17. The van der Waals surface area contributed by atoms with Crippen LogP contribution in [-0.2, 0) is 15.8 Å². The van der Waals surface area contributed by atoms with Crippen LogP contribution in [0.3, 0.4) is 0 Å². The lowest BCUT2D eigenvalue weighted by Gasteiger charge is -2.10. The van der Waals surface area contributed by atoms with E-state index in [2.05, 4.69) is 0 Å². The number of Topliss-reactive ketones (excluding diaryl/α,β-unsaturated/α-hetero) is 1. The first-order chi connectivity index (χ1) is 8.25. The largest absolute Gasteiger partial charge is 0.417 e. The van der Waals surface area contributed by atoms with Crippen molar-refractivity contribution in [3.63, 3.8) is 0 Å². The Morgan fingerprint density at radius 2 is 1.94 bits per heavy atom. The second-order valence-corrected chi connectivity index (χ2v) is 3.38. The summed E-state index contributed by atoms with van der Waals surface area (Å²) in [5, 5.41) is 10.6. The lowest BCUT2D eigenvalue weighted by Crippen LogP contribution is -2.20. The van der Waals surface area contributed by atoms with E-state index in [0.29, 0.717) is 6.07 Å². The normalized spacial score (nSPS) is 10.6. The summed E-state index contributed by atoms with van der Waals surface area (Å²) in [5.41, 5.74) is -1.91. The number of carbonyl (C=O) groups excluding carboxylic acids is 2. The zero-order chi connectivity index (χ0) is 13.9. The van der Waals surface area contributed by atoms with E-state index in [1.54, 1.807) is 0 Å². The molecule has 0 bridgehead atoms. The van der Waals surface area contributed by atoms with Crippen molar-refractivity contribution in [3.05, 3.63) is 29.3 Å². The molecule has 0 saturated heterocycles. The molecule has 1 amide bonds. The monoisotopic (exact) mass is 256 g/mol. The molecule has 7 heteroatoms. The topological polar surface area (TPSA) is 70.0 Å². The zero-order valence-corrected chi connectivity index (χ0v) is 9.13. The summed E-state index contributed by atoms with van der Waals surface area (Å²) in [6.45, 7) is 0.990. The third-order valence-corrected chi connectivity index (χ3v) is 2.02. The average Bonchev–Trinajstić information content (AvgIpc) is 2.27. The van der Waals surface area contributed by atoms with Crippen molar-refractivity contribution in [3.8, 4) is 6.07 Å². The van der Waals surface area contributed by atoms with E-state index in [0.717, 1.165) is 19.1 Å². The molecule has 1 aromatic rings. The Balaban J connectivity index is 3.16. The summed E-state index contributed by atoms with van der Waals surface area (Å²) in [4.78, 5) is 21.7. The first-order valence-corrected chi connectivity index (χ1v) is 4.69. The zero-order valence-electron chi connectivity index (χ0n) is 9.13. The number of halogens is 3. The second-order valence-electron chi connectivity index (χ2n) is 3.38. The van der Waals surface area contributed by atoms with E-state index in [4.69, 9.17) is 5.26 Å². The highest BCUT2D eigenvalue weighted by Crippen LogP contribution is 2.33. The van der Waals surface area contributed by atoms with Gasteiger partial charge in [-0.2, -0.15) is 18.4 Å². The van der Waals surface area contributed by atoms with Crippen molar-refractivity contribution in [2.75, 3.05) is 5.32 Å². The van der Waals surface area contributed by atoms with Crippen LogP contribution in [0.15, 0.2) is 18.2 Å². The highest BCUT2D eigenvalue weighted by molar-refractivity contribution is 6.39. The predicted molar refractivity (Wildman–Crippen MR) is 55.5 cm³/mol. The van der Waals surface area contributed by atoms with Crippen molar-refractivity contribution in [2.24, 2.45) is 0 Å². The molecule has 1 N–H and O–H groups in total. The maximum atomic E-state index is 12.6. The maximum absolute atomic E-state index is 12.6. The summed E-state index contributed by atoms with van der Waals surface area (Å²) in [5.74, 6) is -1.85. The van der Waals surface area contributed by atoms with Crippen molar-refractivity contribution in [2.45, 2.75) is 13.1 Å². The quantitative estimate of drug-likeness (QED) is 0.824. The Labute approximate surface area is 100 Å². The number of carbonyl (C=O) groups is 2. The fraction of sp³-hybridized carbons (Fsp3) is 0.182. The van der Waals surface area contributed by atoms with Gasteiger partial charge in [-0.15, -0.1) is 0 Å². The predicted octanol–water partition coefficient (Wildman–Crippen LogP) is 2.10. The number of hydrogen-bond acceptors (Lipinski definition) is 3. The van der Waals surface area contributed by atoms with Crippen LogP contribution in [0, 0.1) is 11.3 Å². The Morgan fingerprint density at radius 3 is 2.39 bits per heavy atom. The van der Waals surface area contributed by atoms with Crippen LogP contribution in [0.4, 0.5) is 18.9 Å². The molecule has 0 aliphatic carbocycles. The SMILES string of the molecule is CC(=O)C(=O)Nc1ccc(C#N)c(C(F)(F)F)c1. The molecule has 0 aliphatic heterocycles. The number of ketones is 1. The Bertz CT molecular complexity index is 544. The Morgan fingerprint density at radius 1 is 1.33 bits per heavy atom. The summed E-state index contributed by atoms with van der Waals surface area (Å²) in [6.07, 6.45) is -4.71. The van der Waals surface area contributed by atoms with Crippen LogP contribution in [0.25, 0.3) is 0 Å². The number of nitriles is 1. The van der Waals surface area contributed by atoms with Crippen LogP contribution in [-0.4, -0.2) is 11.7 Å². The van der Waals surface area contributed by atoms with Gasteiger partial charge in [-0.25, -0.2) is 0 Å². The van der Waals surface area contributed by atoms with Gasteiger partial charge in [0.1, 0.15) is 0 Å². The van der Waals surface area contributed by atoms with Gasteiger partial charge in [0.15, 0.2) is 0 Å². The Hall–Kier alpha value is -2.36. The van der Waals surface area contributed by atoms with Crippen molar-refractivity contribution in [1.29, 1.82) is 5.26 Å². The lowest BCUT2D eigenvalue weighted by atomic mass is 10.1. The molecule has 1 aromatic carbocycles. The average molecular weight is 256 g/mol. The minimum atomic E-state index is -4.71. The summed E-state index contributed by atoms with van der Waals surface area (Å²) >= 11 is 0. The number of anilines is 1. The van der Waals surface area contributed by atoms with Crippen LogP contribution < -0.4 is 5.32 Å². The van der Waals surface area contributed by atoms with Gasteiger partial charge in [0.05, 0.1) is 17.2 Å². The third kappa shape index (κ3) is 3.07. The van der Waals surface area contributed by atoms with Gasteiger partial charge in [0.2, 0.25) is 5.78 Å². The first-order valence-electron chi connectivity index (χ1n) is 4.69. The highest BCUT2D eigenvalue weighted by atomic mass is 19.4. The number of alkyl halides is 3. The Kier molecular flexibility index (Phi) is 3.71. The molecule has 0 heterocycles. The molecule has 0 aromatic heterocycles. The molecule has 0 aliphatic rings. The minimum Gasteiger partial charge on any atom is -0.319 e. The second kappa shape index (κ2) is 4.87. The van der Waals surface area contributed by atoms with Gasteiger partial charge in [0, 0.05) is 12.6 Å². The molecule has 18 heavy (non-hydrogen) atoms. The number of nitrogens with one attached hydrogen (secondary N) is 1. The number of nitrogens with zero attached hydrogens (tertiary/aromatic N) is 1. The van der Waals surface area contributed by atoms with Gasteiger partial charge in [-0.05, 0) is 18.2 Å². The number of rotatable bonds is 2. The number of benzene rings is 1. The molecular formula is C11H7F3N2O2. The standard InChI is InChI=1S/C11H7F3N2O2/c1-6(17)10(18)16-8-3-2-7(5-15)9(4-8)11(12,13)14/h2-4H,1H3,(H,16,18). The lowest BCUT2D eigenvalue weighted by molar-refractivity contribution is -0.137. The van der Waals surface area contributed by atoms with Crippen LogP contribution in [0.1, 0.15) is 18.1 Å². The van der Waals surface area contributed by atoms with Gasteiger partial charge < -0.3 is 5.32 Å². The van der Waals surface area contributed by atoms with Gasteiger partial charge in [0.25, 0.3) is 5.91 Å². The van der Waals surface area contributed by atoms with Crippen molar-refractivity contribution >= 4 is 17.4 Å². The molecule has 0 atom stereocenters. The molecule has 94 valence electrons. The van der Waals surface area contributed by atoms with E-state index in [9.17, 15) is 22.8 Å². The van der Waals surface area contributed by atoms with Gasteiger partial charge in [-0.3, -0.25) is 9.59 Å². The molecule has 0 saturated carbocycles. The molecule has 0 unspecified atom stereocenters. The van der Waals surface area contributed by atoms with Crippen LogP contribution in [0.5, 0.6) is 0 Å².